The minimum atomic E-state index is -2.74. The van der Waals surface area contributed by atoms with Crippen molar-refractivity contribution in [2.45, 2.75) is 19.4 Å². The highest BCUT2D eigenvalue weighted by Gasteiger charge is 2.27. The fourth-order valence-electron chi connectivity index (χ4n) is 2.59. The predicted octanol–water partition coefficient (Wildman–Crippen LogP) is 1.20. The van der Waals surface area contributed by atoms with Crippen LogP contribution in [0.3, 0.4) is 0 Å². The van der Waals surface area contributed by atoms with Crippen molar-refractivity contribution in [3.63, 3.8) is 0 Å². The summed E-state index contributed by atoms with van der Waals surface area (Å²) >= 11 is 0. The molecule has 1 aliphatic rings. The first-order chi connectivity index (χ1) is 11.9. The Balaban J connectivity index is 1.75. The molecular formula is C15H24F2N6O2. The summed E-state index contributed by atoms with van der Waals surface area (Å²) in [6, 6.07) is 0.917. The normalized spacial score (nSPS) is 15.7. The van der Waals surface area contributed by atoms with Gasteiger partial charge in [-0.1, -0.05) is 0 Å². The first-order valence-corrected chi connectivity index (χ1v) is 8.18. The molecule has 0 spiro atoms. The highest BCUT2D eigenvalue weighted by Crippen LogP contribution is 2.18. The molecule has 0 atom stereocenters. The first-order valence-electron chi connectivity index (χ1n) is 8.18. The molecule has 0 radical (unpaired) electrons. The Bertz CT molecular complexity index is 584. The summed E-state index contributed by atoms with van der Waals surface area (Å²) in [6.45, 7) is -0.495. The molecule has 3 amide bonds. The lowest BCUT2D eigenvalue weighted by atomic mass is 9.96. The van der Waals surface area contributed by atoms with Gasteiger partial charge in [0.05, 0.1) is 0 Å². The van der Waals surface area contributed by atoms with Crippen LogP contribution in [0.1, 0.15) is 19.4 Å². The summed E-state index contributed by atoms with van der Waals surface area (Å²) in [5, 5.41) is 8.97. The van der Waals surface area contributed by atoms with Gasteiger partial charge in [-0.3, -0.25) is 10.1 Å². The summed E-state index contributed by atoms with van der Waals surface area (Å²) in [5.74, 6) is -0.0179. The summed E-state index contributed by atoms with van der Waals surface area (Å²) < 4.78 is 25.4. The number of anilines is 1. The molecule has 1 fully saturated rings. The quantitative estimate of drug-likeness (QED) is 0.801. The summed E-state index contributed by atoms with van der Waals surface area (Å²) in [6.07, 6.45) is 2.25. The molecule has 0 saturated carbocycles. The van der Waals surface area contributed by atoms with E-state index in [0.717, 1.165) is 12.7 Å². The second-order valence-corrected chi connectivity index (χ2v) is 6.24. The van der Waals surface area contributed by atoms with E-state index in [1.165, 1.54) is 6.07 Å². The highest BCUT2D eigenvalue weighted by atomic mass is 19.3. The van der Waals surface area contributed by atoms with Gasteiger partial charge in [-0.15, -0.1) is 0 Å². The van der Waals surface area contributed by atoms with Crippen LogP contribution in [0.4, 0.5) is 19.4 Å². The lowest BCUT2D eigenvalue weighted by molar-refractivity contribution is -0.126. The second kappa shape index (κ2) is 8.75. The van der Waals surface area contributed by atoms with E-state index in [2.05, 4.69) is 15.7 Å². The first kappa shape index (κ1) is 19.1. The molecular weight excluding hydrogens is 334 g/mol. The second-order valence-electron chi connectivity index (χ2n) is 6.24. The summed E-state index contributed by atoms with van der Waals surface area (Å²) in [7, 11) is 3.88. The number of carbonyl (C=O) groups is 2. The third-order valence-electron chi connectivity index (χ3n) is 4.05. The predicted molar refractivity (Wildman–Crippen MR) is 88.4 cm³/mol. The van der Waals surface area contributed by atoms with Gasteiger partial charge < -0.3 is 15.1 Å². The molecule has 0 aromatic carbocycles. The van der Waals surface area contributed by atoms with Crippen molar-refractivity contribution < 1.29 is 18.4 Å². The maximum Gasteiger partial charge on any atom is 0.333 e. The van der Waals surface area contributed by atoms with E-state index in [4.69, 9.17) is 0 Å². The van der Waals surface area contributed by atoms with Gasteiger partial charge >= 0.3 is 12.6 Å². The zero-order chi connectivity index (χ0) is 18.4. The molecule has 25 heavy (non-hydrogen) atoms. The molecule has 140 valence electrons. The van der Waals surface area contributed by atoms with Gasteiger partial charge in [0.1, 0.15) is 0 Å². The van der Waals surface area contributed by atoms with E-state index >= 15 is 0 Å². The van der Waals surface area contributed by atoms with Crippen LogP contribution in [-0.4, -0.2) is 71.8 Å². The van der Waals surface area contributed by atoms with Crippen LogP contribution in [0.15, 0.2) is 12.3 Å². The molecule has 2 heterocycles. The Kier molecular flexibility index (Phi) is 6.68. The number of piperidine rings is 1. The van der Waals surface area contributed by atoms with Crippen LogP contribution < -0.4 is 10.6 Å². The molecule has 0 bridgehead atoms. The molecule has 2 rings (SSSR count). The van der Waals surface area contributed by atoms with Crippen LogP contribution in [-0.2, 0) is 4.79 Å². The van der Waals surface area contributed by atoms with E-state index in [0.29, 0.717) is 37.2 Å². The van der Waals surface area contributed by atoms with Gasteiger partial charge in [-0.05, 0) is 26.9 Å². The number of carbonyl (C=O) groups excluding carboxylic acids is 2. The number of likely N-dealkylation sites (tertiary alicyclic amines) is 1. The number of nitrogens with zero attached hydrogens (tertiary/aromatic N) is 4. The van der Waals surface area contributed by atoms with Gasteiger partial charge in [-0.25, -0.2) is 9.48 Å². The lowest BCUT2D eigenvalue weighted by Gasteiger charge is -2.31. The molecule has 8 nitrogen and oxygen atoms in total. The van der Waals surface area contributed by atoms with E-state index < -0.39 is 12.6 Å². The lowest BCUT2D eigenvalue weighted by Crippen LogP contribution is -2.45. The van der Waals surface area contributed by atoms with Crippen molar-refractivity contribution in [3.05, 3.63) is 12.3 Å². The van der Waals surface area contributed by atoms with Crippen LogP contribution >= 0.6 is 0 Å². The number of hydrogen-bond donors (Lipinski definition) is 2. The van der Waals surface area contributed by atoms with Crippen LogP contribution in [0.25, 0.3) is 0 Å². The smallest absolute Gasteiger partial charge is 0.333 e. The van der Waals surface area contributed by atoms with E-state index in [1.807, 2.05) is 19.0 Å². The molecule has 0 unspecified atom stereocenters. The maximum atomic E-state index is 12.5. The Morgan fingerprint density at radius 2 is 2.04 bits per heavy atom. The van der Waals surface area contributed by atoms with Crippen LogP contribution in [0, 0.1) is 5.92 Å². The van der Waals surface area contributed by atoms with E-state index in [1.54, 1.807) is 4.90 Å². The van der Waals surface area contributed by atoms with E-state index in [-0.39, 0.29) is 17.6 Å². The average molecular weight is 358 g/mol. The van der Waals surface area contributed by atoms with Crippen molar-refractivity contribution in [3.8, 4) is 0 Å². The van der Waals surface area contributed by atoms with Crippen molar-refractivity contribution >= 4 is 17.8 Å². The fourth-order valence-corrected chi connectivity index (χ4v) is 2.59. The Morgan fingerprint density at radius 1 is 1.36 bits per heavy atom. The number of nitrogens with one attached hydrogen (secondary N) is 2. The van der Waals surface area contributed by atoms with Gasteiger partial charge in [0.15, 0.2) is 5.82 Å². The molecule has 10 heteroatoms. The number of likely N-dealkylation sites (N-methyl/N-ethyl adjacent to an activating group) is 1. The van der Waals surface area contributed by atoms with Crippen molar-refractivity contribution in [2.24, 2.45) is 5.92 Å². The minimum absolute atomic E-state index is 0.0117. The number of halogens is 2. The SMILES string of the molecule is CN(C)CCNC(=O)C1CCN(C(=O)Nc2ccn(C(F)F)n2)CC1. The standard InChI is InChI=1S/C15H24F2N6O2/c1-21(2)10-6-18-13(24)11-3-7-22(8-4-11)15(25)19-12-5-9-23(20-12)14(16)17/h5,9,11,14H,3-4,6-8,10H2,1-2H3,(H,18,24)(H,19,20,25). The number of hydrogen-bond acceptors (Lipinski definition) is 4. The molecule has 1 aromatic heterocycles. The molecule has 1 saturated heterocycles. The monoisotopic (exact) mass is 358 g/mol. The summed E-state index contributed by atoms with van der Waals surface area (Å²) in [4.78, 5) is 27.8. The Labute approximate surface area is 145 Å². The van der Waals surface area contributed by atoms with Gasteiger partial charge in [-0.2, -0.15) is 13.9 Å². The summed E-state index contributed by atoms with van der Waals surface area (Å²) in [5.41, 5.74) is 0. The van der Waals surface area contributed by atoms with Crippen molar-refractivity contribution in [1.29, 1.82) is 0 Å². The third-order valence-corrected chi connectivity index (χ3v) is 4.05. The topological polar surface area (TPSA) is 82.5 Å². The van der Waals surface area contributed by atoms with Gasteiger partial charge in [0.2, 0.25) is 5.91 Å². The number of rotatable bonds is 6. The largest absolute Gasteiger partial charge is 0.355 e. The molecule has 0 aliphatic carbocycles. The third kappa shape index (κ3) is 5.66. The molecule has 1 aromatic rings. The molecule has 2 N–H and O–H groups in total. The van der Waals surface area contributed by atoms with E-state index in [9.17, 15) is 18.4 Å². The number of urea groups is 1. The highest BCUT2D eigenvalue weighted by molar-refractivity contribution is 5.88. The van der Waals surface area contributed by atoms with Gasteiger partial charge in [0.25, 0.3) is 0 Å². The fraction of sp³-hybridized carbons (Fsp3) is 0.667. The van der Waals surface area contributed by atoms with Crippen LogP contribution in [0.5, 0.6) is 0 Å². The zero-order valence-electron chi connectivity index (χ0n) is 14.4. The van der Waals surface area contributed by atoms with Crippen LogP contribution in [0.2, 0.25) is 0 Å². The zero-order valence-corrected chi connectivity index (χ0v) is 14.4. The molecule has 1 aliphatic heterocycles. The van der Waals surface area contributed by atoms with Gasteiger partial charge in [0, 0.05) is 44.4 Å². The maximum absolute atomic E-state index is 12.5. The number of amides is 3. The number of alkyl halides is 2. The Hall–Kier alpha value is -2.23. The number of aromatic nitrogens is 2. The van der Waals surface area contributed by atoms with Crippen molar-refractivity contribution in [2.75, 3.05) is 45.6 Å². The minimum Gasteiger partial charge on any atom is -0.355 e. The van der Waals surface area contributed by atoms with Crippen molar-refractivity contribution in [1.82, 2.24) is 24.9 Å². The Morgan fingerprint density at radius 3 is 2.60 bits per heavy atom. The average Bonchev–Trinajstić information content (AvgIpc) is 3.03.